The van der Waals surface area contributed by atoms with E-state index in [4.69, 9.17) is 14.6 Å². The maximum absolute atomic E-state index is 10.8. The minimum Gasteiger partial charge on any atom is -0.439 e. The zero-order chi connectivity index (χ0) is 25.0. The van der Waals surface area contributed by atoms with E-state index >= 15 is 0 Å². The van der Waals surface area contributed by atoms with Crippen LogP contribution in [0.3, 0.4) is 0 Å². The van der Waals surface area contributed by atoms with Gasteiger partial charge in [0.2, 0.25) is 5.88 Å². The fraction of sp³-hybridized carbons (Fsp3) is 0.483. The van der Waals surface area contributed by atoms with Gasteiger partial charge in [0.1, 0.15) is 11.4 Å². The fourth-order valence-corrected chi connectivity index (χ4v) is 4.23. The van der Waals surface area contributed by atoms with Crippen LogP contribution in [-0.4, -0.2) is 51.2 Å². The van der Waals surface area contributed by atoms with E-state index in [-0.39, 0.29) is 5.60 Å². The molecule has 1 atom stereocenters. The van der Waals surface area contributed by atoms with E-state index in [0.717, 1.165) is 40.6 Å². The maximum Gasteiger partial charge on any atom is 0.222 e. The van der Waals surface area contributed by atoms with E-state index in [0.29, 0.717) is 25.6 Å². The van der Waals surface area contributed by atoms with Crippen molar-refractivity contribution in [2.24, 2.45) is 13.0 Å². The van der Waals surface area contributed by atoms with Gasteiger partial charge in [0, 0.05) is 32.2 Å². The normalized spacial score (nSPS) is 14.9. The Balaban J connectivity index is 1.63. The molecule has 0 spiro atoms. The van der Waals surface area contributed by atoms with Crippen LogP contribution in [0.15, 0.2) is 54.6 Å². The Kier molecular flexibility index (Phi) is 7.95. The van der Waals surface area contributed by atoms with Gasteiger partial charge in [-0.15, -0.1) is 0 Å². The number of aliphatic hydroxyl groups excluding tert-OH is 1. The second kappa shape index (κ2) is 10.9. The number of aryl methyl sites for hydroxylation is 2. The smallest absolute Gasteiger partial charge is 0.222 e. The zero-order valence-electron chi connectivity index (χ0n) is 21.7. The Morgan fingerprint density at radius 1 is 1.11 bits per heavy atom. The summed E-state index contributed by atoms with van der Waals surface area (Å²) in [7, 11) is 1.93. The molecule has 6 nitrogen and oxygen atoms in total. The molecule has 1 N–H and O–H groups in total. The lowest BCUT2D eigenvalue weighted by Crippen LogP contribution is -2.37. The van der Waals surface area contributed by atoms with Crippen LogP contribution in [0.5, 0.6) is 11.6 Å². The number of benzene rings is 2. The predicted octanol–water partition coefficient (Wildman–Crippen LogP) is 5.58. The highest BCUT2D eigenvalue weighted by Crippen LogP contribution is 2.36. The van der Waals surface area contributed by atoms with Gasteiger partial charge in [-0.2, -0.15) is 5.10 Å². The summed E-state index contributed by atoms with van der Waals surface area (Å²) >= 11 is 0. The van der Waals surface area contributed by atoms with Gasteiger partial charge in [-0.25, -0.2) is 4.68 Å². The quantitative estimate of drug-likeness (QED) is 0.391. The zero-order valence-corrected chi connectivity index (χ0v) is 21.7. The average Bonchev–Trinajstić information content (AvgIpc) is 3.57. The first-order valence-corrected chi connectivity index (χ1v) is 12.6. The first kappa shape index (κ1) is 25.4. The molecule has 3 aromatic rings. The second-order valence-electron chi connectivity index (χ2n) is 10.8. The van der Waals surface area contributed by atoms with Crippen LogP contribution in [-0.2, 0) is 18.3 Å². The van der Waals surface area contributed by atoms with Crippen LogP contribution < -0.4 is 4.74 Å². The summed E-state index contributed by atoms with van der Waals surface area (Å²) in [6.45, 7) is 10.5. The molecule has 0 unspecified atom stereocenters. The molecule has 0 bridgehead atoms. The SMILES string of the molecule is Cc1cccc(Oc2c(CN(CC3CC3)C[C@H](O)COC(C)(C)C)c(-c3ccccc3)nn2C)c1. The first-order chi connectivity index (χ1) is 16.7. The van der Waals surface area contributed by atoms with Gasteiger partial charge >= 0.3 is 0 Å². The lowest BCUT2D eigenvalue weighted by Gasteiger charge is -2.27. The minimum absolute atomic E-state index is 0.277. The summed E-state index contributed by atoms with van der Waals surface area (Å²) in [5, 5.41) is 15.7. The van der Waals surface area contributed by atoms with Crippen molar-refractivity contribution in [2.45, 2.75) is 58.8 Å². The Hall–Kier alpha value is -2.67. The highest BCUT2D eigenvalue weighted by Gasteiger charge is 2.29. The minimum atomic E-state index is -0.564. The molecule has 4 rings (SSSR count). The van der Waals surface area contributed by atoms with Gasteiger partial charge in [-0.05, 0) is 64.2 Å². The van der Waals surface area contributed by atoms with Gasteiger partial charge in [0.15, 0.2) is 0 Å². The Bertz CT molecular complexity index is 1100. The monoisotopic (exact) mass is 477 g/mol. The van der Waals surface area contributed by atoms with Gasteiger partial charge in [-0.3, -0.25) is 4.90 Å². The first-order valence-electron chi connectivity index (χ1n) is 12.6. The fourth-order valence-electron chi connectivity index (χ4n) is 4.23. The van der Waals surface area contributed by atoms with Crippen molar-refractivity contribution in [3.05, 3.63) is 65.7 Å². The molecule has 1 aliphatic carbocycles. The van der Waals surface area contributed by atoms with Crippen molar-refractivity contribution in [1.82, 2.24) is 14.7 Å². The number of aliphatic hydroxyl groups is 1. The van der Waals surface area contributed by atoms with Crippen LogP contribution in [0.25, 0.3) is 11.3 Å². The largest absolute Gasteiger partial charge is 0.439 e. The number of ether oxygens (including phenoxy) is 2. The third-order valence-electron chi connectivity index (χ3n) is 6.11. The highest BCUT2D eigenvalue weighted by molar-refractivity contribution is 5.65. The molecule has 2 aromatic carbocycles. The topological polar surface area (TPSA) is 59.8 Å². The van der Waals surface area contributed by atoms with Crippen molar-refractivity contribution >= 4 is 0 Å². The van der Waals surface area contributed by atoms with E-state index in [9.17, 15) is 5.11 Å². The number of hydrogen-bond acceptors (Lipinski definition) is 5. The van der Waals surface area contributed by atoms with Crippen LogP contribution in [0.4, 0.5) is 0 Å². The molecular formula is C29H39N3O3. The highest BCUT2D eigenvalue weighted by atomic mass is 16.5. The third kappa shape index (κ3) is 7.40. The van der Waals surface area contributed by atoms with Crippen molar-refractivity contribution in [2.75, 3.05) is 19.7 Å². The molecule has 0 radical (unpaired) electrons. The summed E-state index contributed by atoms with van der Waals surface area (Å²) in [4.78, 5) is 2.33. The van der Waals surface area contributed by atoms with E-state index in [1.165, 1.54) is 12.8 Å². The van der Waals surface area contributed by atoms with Crippen LogP contribution in [0.2, 0.25) is 0 Å². The summed E-state index contributed by atoms with van der Waals surface area (Å²) in [5.74, 6) is 2.21. The summed E-state index contributed by atoms with van der Waals surface area (Å²) in [6.07, 6.45) is 1.93. The number of rotatable bonds is 11. The molecule has 1 fully saturated rings. The van der Waals surface area contributed by atoms with Gasteiger partial charge in [-0.1, -0.05) is 42.5 Å². The van der Waals surface area contributed by atoms with Gasteiger partial charge in [0.25, 0.3) is 0 Å². The average molecular weight is 478 g/mol. The van der Waals surface area contributed by atoms with E-state index in [2.05, 4.69) is 30.0 Å². The van der Waals surface area contributed by atoms with E-state index < -0.39 is 6.10 Å². The molecule has 188 valence electrons. The molecule has 1 aliphatic rings. The molecule has 0 saturated heterocycles. The molecule has 1 saturated carbocycles. The van der Waals surface area contributed by atoms with E-state index in [1.54, 1.807) is 0 Å². The van der Waals surface area contributed by atoms with Crippen LogP contribution in [0, 0.1) is 12.8 Å². The van der Waals surface area contributed by atoms with Crippen LogP contribution in [0.1, 0.15) is 44.7 Å². The summed E-state index contributed by atoms with van der Waals surface area (Å²) in [6, 6.07) is 18.3. The molecule has 6 heteroatoms. The lowest BCUT2D eigenvalue weighted by molar-refractivity contribution is -0.0569. The third-order valence-corrected chi connectivity index (χ3v) is 6.11. The number of aromatic nitrogens is 2. The van der Waals surface area contributed by atoms with Crippen LogP contribution >= 0.6 is 0 Å². The van der Waals surface area contributed by atoms with E-state index in [1.807, 2.05) is 68.9 Å². The Morgan fingerprint density at radius 2 is 1.86 bits per heavy atom. The standard InChI is InChI=1S/C29H39N3O3/c1-21-10-9-13-25(16-21)35-28-26(27(30-31(28)5)23-11-7-6-8-12-23)19-32(17-22-14-15-22)18-24(33)20-34-29(2,3)4/h6-13,16,22,24,33H,14-15,17-20H2,1-5H3/t24-/m0/s1. The van der Waals surface area contributed by atoms with Crippen molar-refractivity contribution in [3.8, 4) is 22.9 Å². The number of hydrogen-bond donors (Lipinski definition) is 1. The second-order valence-corrected chi connectivity index (χ2v) is 10.8. The Labute approximate surface area is 209 Å². The molecule has 0 amide bonds. The van der Waals surface area contributed by atoms with Crippen molar-refractivity contribution in [1.29, 1.82) is 0 Å². The van der Waals surface area contributed by atoms with Crippen molar-refractivity contribution < 1.29 is 14.6 Å². The van der Waals surface area contributed by atoms with Crippen molar-refractivity contribution in [3.63, 3.8) is 0 Å². The van der Waals surface area contributed by atoms with Gasteiger partial charge < -0.3 is 14.6 Å². The molecule has 1 aromatic heterocycles. The maximum atomic E-state index is 10.8. The molecule has 35 heavy (non-hydrogen) atoms. The number of nitrogens with zero attached hydrogens (tertiary/aromatic N) is 3. The molecular weight excluding hydrogens is 438 g/mol. The lowest BCUT2D eigenvalue weighted by atomic mass is 10.1. The summed E-state index contributed by atoms with van der Waals surface area (Å²) < 4.78 is 14.1. The predicted molar refractivity (Wildman–Crippen MR) is 140 cm³/mol. The molecule has 0 aliphatic heterocycles. The Morgan fingerprint density at radius 3 is 2.51 bits per heavy atom. The molecule has 1 heterocycles. The summed E-state index contributed by atoms with van der Waals surface area (Å²) in [5.41, 5.74) is 3.87. The van der Waals surface area contributed by atoms with Gasteiger partial charge in [0.05, 0.1) is 23.9 Å².